The Bertz CT molecular complexity index is 1240. The van der Waals surface area contributed by atoms with Crippen molar-refractivity contribution in [1.82, 2.24) is 9.72 Å². The lowest BCUT2D eigenvalue weighted by Gasteiger charge is -2.10. The summed E-state index contributed by atoms with van der Waals surface area (Å²) in [6.45, 7) is 3.78. The molecule has 0 saturated carbocycles. The SMILES string of the molecule is CC(=O)Nc1cccc(Cn2ccc3cc(-c4conc4C)ccc3c2=O)c1. The maximum Gasteiger partial charge on any atom is 0.258 e. The van der Waals surface area contributed by atoms with Gasteiger partial charge in [0, 0.05) is 29.8 Å². The van der Waals surface area contributed by atoms with Crippen LogP contribution in [0.2, 0.25) is 0 Å². The molecular weight excluding hydrogens is 354 g/mol. The molecule has 1 N–H and O–H groups in total. The minimum absolute atomic E-state index is 0.0592. The lowest BCUT2D eigenvalue weighted by molar-refractivity contribution is -0.114. The van der Waals surface area contributed by atoms with Gasteiger partial charge in [-0.2, -0.15) is 0 Å². The molecule has 2 aromatic carbocycles. The number of amides is 1. The minimum atomic E-state index is -0.126. The van der Waals surface area contributed by atoms with Crippen LogP contribution in [0.5, 0.6) is 0 Å². The van der Waals surface area contributed by atoms with Crippen LogP contribution in [-0.2, 0) is 11.3 Å². The van der Waals surface area contributed by atoms with E-state index >= 15 is 0 Å². The van der Waals surface area contributed by atoms with Crippen LogP contribution in [0.3, 0.4) is 0 Å². The van der Waals surface area contributed by atoms with Crippen molar-refractivity contribution in [2.45, 2.75) is 20.4 Å². The Balaban J connectivity index is 1.68. The molecule has 2 aromatic heterocycles. The molecule has 2 heterocycles. The molecule has 140 valence electrons. The van der Waals surface area contributed by atoms with Gasteiger partial charge in [0.2, 0.25) is 5.91 Å². The first-order chi connectivity index (χ1) is 13.5. The molecule has 0 fully saturated rings. The number of nitrogens with zero attached hydrogens (tertiary/aromatic N) is 2. The van der Waals surface area contributed by atoms with Crippen LogP contribution >= 0.6 is 0 Å². The zero-order chi connectivity index (χ0) is 19.7. The monoisotopic (exact) mass is 373 g/mol. The van der Waals surface area contributed by atoms with Gasteiger partial charge in [0.15, 0.2) is 0 Å². The normalized spacial score (nSPS) is 10.9. The summed E-state index contributed by atoms with van der Waals surface area (Å²) in [5.41, 5.74) is 4.28. The molecule has 0 aliphatic carbocycles. The highest BCUT2D eigenvalue weighted by molar-refractivity contribution is 5.88. The first kappa shape index (κ1) is 17.7. The van der Waals surface area contributed by atoms with Gasteiger partial charge >= 0.3 is 0 Å². The van der Waals surface area contributed by atoms with Crippen LogP contribution in [0, 0.1) is 6.92 Å². The smallest absolute Gasteiger partial charge is 0.258 e. The molecule has 0 unspecified atom stereocenters. The van der Waals surface area contributed by atoms with Crippen molar-refractivity contribution in [3.8, 4) is 11.1 Å². The second kappa shape index (κ2) is 7.15. The number of anilines is 1. The van der Waals surface area contributed by atoms with Crippen molar-refractivity contribution >= 4 is 22.4 Å². The predicted octanol–water partition coefficient (Wildman–Crippen LogP) is 3.97. The highest BCUT2D eigenvalue weighted by Gasteiger charge is 2.09. The van der Waals surface area contributed by atoms with E-state index in [1.807, 2.05) is 55.5 Å². The first-order valence-electron chi connectivity index (χ1n) is 8.92. The zero-order valence-corrected chi connectivity index (χ0v) is 15.6. The number of carbonyl (C=O) groups excluding carboxylic acids is 1. The predicted molar refractivity (Wildman–Crippen MR) is 108 cm³/mol. The van der Waals surface area contributed by atoms with Gasteiger partial charge < -0.3 is 14.4 Å². The summed E-state index contributed by atoms with van der Waals surface area (Å²) in [6.07, 6.45) is 3.40. The fourth-order valence-corrected chi connectivity index (χ4v) is 3.30. The number of aryl methyl sites for hydroxylation is 1. The van der Waals surface area contributed by atoms with Gasteiger partial charge in [-0.25, -0.2) is 0 Å². The fraction of sp³-hybridized carbons (Fsp3) is 0.136. The third kappa shape index (κ3) is 3.44. The maximum absolute atomic E-state index is 12.9. The van der Waals surface area contributed by atoms with Crippen LogP contribution in [0.15, 0.2) is 70.3 Å². The van der Waals surface area contributed by atoms with Crippen LogP contribution in [0.4, 0.5) is 5.69 Å². The number of benzene rings is 2. The van der Waals surface area contributed by atoms with E-state index < -0.39 is 0 Å². The van der Waals surface area contributed by atoms with E-state index in [9.17, 15) is 9.59 Å². The Morgan fingerprint density at radius 1 is 1.18 bits per heavy atom. The largest absolute Gasteiger partial charge is 0.364 e. The van der Waals surface area contributed by atoms with Crippen LogP contribution in [-0.4, -0.2) is 15.6 Å². The van der Waals surface area contributed by atoms with Crippen molar-refractivity contribution in [2.24, 2.45) is 0 Å². The van der Waals surface area contributed by atoms with Gasteiger partial charge in [-0.15, -0.1) is 0 Å². The second-order valence-electron chi connectivity index (χ2n) is 6.75. The summed E-state index contributed by atoms with van der Waals surface area (Å²) in [4.78, 5) is 24.2. The second-order valence-corrected chi connectivity index (χ2v) is 6.75. The van der Waals surface area contributed by atoms with Gasteiger partial charge in [0.1, 0.15) is 6.26 Å². The van der Waals surface area contributed by atoms with Crippen molar-refractivity contribution in [3.05, 3.63) is 82.6 Å². The summed E-state index contributed by atoms with van der Waals surface area (Å²) in [6, 6.07) is 15.1. The van der Waals surface area contributed by atoms with E-state index in [2.05, 4.69) is 10.5 Å². The number of rotatable bonds is 4. The van der Waals surface area contributed by atoms with E-state index in [4.69, 9.17) is 4.52 Å². The number of pyridine rings is 1. The van der Waals surface area contributed by atoms with Crippen molar-refractivity contribution in [2.75, 3.05) is 5.32 Å². The first-order valence-corrected chi connectivity index (χ1v) is 8.92. The van der Waals surface area contributed by atoms with Gasteiger partial charge in [-0.05, 0) is 53.8 Å². The molecule has 0 spiro atoms. The van der Waals surface area contributed by atoms with Crippen LogP contribution < -0.4 is 10.9 Å². The lowest BCUT2D eigenvalue weighted by atomic mass is 10.0. The number of nitrogens with one attached hydrogen (secondary N) is 1. The Morgan fingerprint density at radius 2 is 2.04 bits per heavy atom. The van der Waals surface area contributed by atoms with E-state index in [1.54, 1.807) is 17.0 Å². The quantitative estimate of drug-likeness (QED) is 0.587. The van der Waals surface area contributed by atoms with Crippen LogP contribution in [0.1, 0.15) is 18.2 Å². The molecule has 4 aromatic rings. The summed E-state index contributed by atoms with van der Waals surface area (Å²) < 4.78 is 6.68. The van der Waals surface area contributed by atoms with Gasteiger partial charge in [-0.3, -0.25) is 9.59 Å². The average molecular weight is 373 g/mol. The van der Waals surface area contributed by atoms with Crippen LogP contribution in [0.25, 0.3) is 21.9 Å². The Hall–Kier alpha value is -3.67. The average Bonchev–Trinajstić information content (AvgIpc) is 3.09. The third-order valence-corrected chi connectivity index (χ3v) is 4.64. The molecule has 0 aliphatic rings. The highest BCUT2D eigenvalue weighted by Crippen LogP contribution is 2.25. The highest BCUT2D eigenvalue weighted by atomic mass is 16.5. The number of fused-ring (bicyclic) bond motifs is 1. The van der Waals surface area contributed by atoms with E-state index in [1.165, 1.54) is 6.92 Å². The van der Waals surface area contributed by atoms with E-state index in [0.717, 1.165) is 27.8 Å². The molecule has 0 atom stereocenters. The van der Waals surface area contributed by atoms with E-state index in [-0.39, 0.29) is 11.5 Å². The lowest BCUT2D eigenvalue weighted by Crippen LogP contribution is -2.20. The molecular formula is C22H19N3O3. The molecule has 0 radical (unpaired) electrons. The molecule has 0 aliphatic heterocycles. The number of aromatic nitrogens is 2. The number of carbonyl (C=O) groups is 1. The molecule has 28 heavy (non-hydrogen) atoms. The van der Waals surface area contributed by atoms with Gasteiger partial charge in [0.05, 0.1) is 12.2 Å². The fourth-order valence-electron chi connectivity index (χ4n) is 3.30. The number of hydrogen-bond donors (Lipinski definition) is 1. The van der Waals surface area contributed by atoms with Gasteiger partial charge in [0.25, 0.3) is 5.56 Å². The summed E-state index contributed by atoms with van der Waals surface area (Å²) in [5, 5.41) is 8.19. The molecule has 0 bridgehead atoms. The minimum Gasteiger partial charge on any atom is -0.364 e. The molecule has 0 saturated heterocycles. The molecule has 6 heteroatoms. The van der Waals surface area contributed by atoms with Crippen molar-refractivity contribution < 1.29 is 9.32 Å². The van der Waals surface area contributed by atoms with Gasteiger partial charge in [-0.1, -0.05) is 23.4 Å². The van der Waals surface area contributed by atoms with Crippen molar-refractivity contribution in [3.63, 3.8) is 0 Å². The Morgan fingerprint density at radius 3 is 2.79 bits per heavy atom. The molecule has 6 nitrogen and oxygen atoms in total. The maximum atomic E-state index is 12.9. The Labute approximate surface area is 161 Å². The zero-order valence-electron chi connectivity index (χ0n) is 15.6. The molecule has 1 amide bonds. The summed E-state index contributed by atoms with van der Waals surface area (Å²) in [5.74, 6) is -0.126. The number of hydrogen-bond acceptors (Lipinski definition) is 4. The standard InChI is InChI=1S/C22H19N3O3/c1-14-21(13-28-24-14)17-6-7-20-18(11-17)8-9-25(22(20)27)12-16-4-3-5-19(10-16)23-15(2)26/h3-11,13H,12H2,1-2H3,(H,23,26). The third-order valence-electron chi connectivity index (χ3n) is 4.64. The topological polar surface area (TPSA) is 77.1 Å². The van der Waals surface area contributed by atoms with Crippen molar-refractivity contribution in [1.29, 1.82) is 0 Å². The summed E-state index contributed by atoms with van der Waals surface area (Å²) in [7, 11) is 0. The van der Waals surface area contributed by atoms with E-state index in [0.29, 0.717) is 17.6 Å². The Kier molecular flexibility index (Phi) is 4.53. The molecule has 4 rings (SSSR count). The summed E-state index contributed by atoms with van der Waals surface area (Å²) >= 11 is 0.